The van der Waals surface area contributed by atoms with Gasteiger partial charge in [0.2, 0.25) is 10.0 Å². The van der Waals surface area contributed by atoms with Gasteiger partial charge in [0, 0.05) is 17.0 Å². The highest BCUT2D eigenvalue weighted by Crippen LogP contribution is 2.14. The first kappa shape index (κ1) is 21.4. The summed E-state index contributed by atoms with van der Waals surface area (Å²) in [5.74, 6) is -0.00519. The zero-order valence-electron chi connectivity index (χ0n) is 15.6. The minimum atomic E-state index is -3.67. The fourth-order valence-corrected chi connectivity index (χ4v) is 3.61. The third-order valence-electron chi connectivity index (χ3n) is 4.12. The van der Waals surface area contributed by atoms with Crippen LogP contribution in [0.1, 0.15) is 11.1 Å². The molecule has 146 valence electrons. The molecule has 2 aromatic rings. The van der Waals surface area contributed by atoms with E-state index in [1.165, 1.54) is 22.6 Å². The van der Waals surface area contributed by atoms with E-state index in [0.717, 1.165) is 17.0 Å². The maximum atomic E-state index is 12.1. The van der Waals surface area contributed by atoms with E-state index >= 15 is 0 Å². The number of thioether (sulfide) groups is 1. The first-order valence-electron chi connectivity index (χ1n) is 8.60. The molecule has 0 fully saturated rings. The smallest absolute Gasteiger partial charge is 0.275 e. The van der Waals surface area contributed by atoms with Crippen molar-refractivity contribution in [2.75, 3.05) is 26.4 Å². The molecule has 0 spiro atoms. The summed E-state index contributed by atoms with van der Waals surface area (Å²) < 4.78 is 22.5. The van der Waals surface area contributed by atoms with Gasteiger partial charge in [-0.15, -0.1) is 11.8 Å². The predicted octanol–water partition coefficient (Wildman–Crippen LogP) is 0.430. The number of likely N-dealkylation sites (N-methyl/N-ethyl adjacent to an activating group) is 1. The van der Waals surface area contributed by atoms with Crippen LogP contribution in [0.5, 0.6) is 0 Å². The van der Waals surface area contributed by atoms with E-state index in [0.29, 0.717) is 19.5 Å². The van der Waals surface area contributed by atoms with Crippen LogP contribution < -0.4 is 15.4 Å². The normalized spacial score (nSPS) is 12.6. The van der Waals surface area contributed by atoms with Gasteiger partial charge in [-0.1, -0.05) is 24.3 Å². The Balaban J connectivity index is 1.73. The average Bonchev–Trinajstić information content (AvgIpc) is 2.62. The maximum Gasteiger partial charge on any atom is 0.275 e. The summed E-state index contributed by atoms with van der Waals surface area (Å²) >= 11 is 1.71. The third kappa shape index (κ3) is 7.34. The Labute approximate surface area is 165 Å². The molecule has 6 nitrogen and oxygen atoms in total. The number of carbonyl (C=O) groups excluding carboxylic acids is 1. The standard InChI is InChI=1S/C19H25N3O3S2/c1-22(13-16-3-7-17(26-2)8-4-16)14-19(23)21-12-11-15-5-9-18(10-6-15)27(20,24)25/h3-10H,11-14H2,1-2H3,(H,21,23)(H2,20,24,25)/p+1. The van der Waals surface area contributed by atoms with E-state index < -0.39 is 10.0 Å². The van der Waals surface area contributed by atoms with Crippen molar-refractivity contribution in [1.29, 1.82) is 0 Å². The number of hydrogen-bond donors (Lipinski definition) is 3. The lowest BCUT2D eigenvalue weighted by molar-refractivity contribution is -0.885. The van der Waals surface area contributed by atoms with Crippen LogP contribution in [0.25, 0.3) is 0 Å². The summed E-state index contributed by atoms with van der Waals surface area (Å²) in [6.45, 7) is 1.69. The van der Waals surface area contributed by atoms with Crippen molar-refractivity contribution in [3.8, 4) is 0 Å². The van der Waals surface area contributed by atoms with E-state index in [4.69, 9.17) is 5.14 Å². The van der Waals surface area contributed by atoms with Crippen LogP contribution in [-0.4, -0.2) is 40.7 Å². The van der Waals surface area contributed by atoms with Crippen molar-refractivity contribution in [1.82, 2.24) is 5.32 Å². The molecule has 0 heterocycles. The molecule has 0 radical (unpaired) electrons. The number of quaternary nitrogens is 1. The highest BCUT2D eigenvalue weighted by atomic mass is 32.2. The predicted molar refractivity (Wildman–Crippen MR) is 108 cm³/mol. The Kier molecular flexibility index (Phi) is 7.85. The van der Waals surface area contributed by atoms with E-state index in [1.807, 2.05) is 13.3 Å². The van der Waals surface area contributed by atoms with Crippen molar-refractivity contribution in [3.63, 3.8) is 0 Å². The molecule has 1 amide bonds. The van der Waals surface area contributed by atoms with Crippen LogP contribution in [0.2, 0.25) is 0 Å². The topological polar surface area (TPSA) is 93.7 Å². The number of benzene rings is 2. The lowest BCUT2D eigenvalue weighted by Crippen LogP contribution is -3.08. The number of sulfonamides is 1. The first-order chi connectivity index (χ1) is 12.8. The van der Waals surface area contributed by atoms with Gasteiger partial charge in [0.25, 0.3) is 5.91 Å². The molecule has 27 heavy (non-hydrogen) atoms. The second-order valence-electron chi connectivity index (χ2n) is 6.45. The van der Waals surface area contributed by atoms with E-state index in [1.54, 1.807) is 23.9 Å². The van der Waals surface area contributed by atoms with Crippen molar-refractivity contribution in [2.24, 2.45) is 5.14 Å². The molecule has 2 rings (SSSR count). The number of hydrogen-bond acceptors (Lipinski definition) is 4. The second kappa shape index (κ2) is 9.89. The minimum absolute atomic E-state index is 0.00519. The molecule has 1 atom stereocenters. The van der Waals surface area contributed by atoms with Crippen molar-refractivity contribution in [2.45, 2.75) is 22.8 Å². The van der Waals surface area contributed by atoms with Crippen molar-refractivity contribution < 1.29 is 18.1 Å². The molecule has 4 N–H and O–H groups in total. The zero-order chi connectivity index (χ0) is 19.9. The second-order valence-corrected chi connectivity index (χ2v) is 8.89. The number of primary sulfonamides is 1. The SMILES string of the molecule is CSc1ccc(C[NH+](C)CC(=O)NCCc2ccc(S(N)(=O)=O)cc2)cc1. The Morgan fingerprint density at radius 2 is 1.67 bits per heavy atom. The lowest BCUT2D eigenvalue weighted by Gasteiger charge is -2.14. The summed E-state index contributed by atoms with van der Waals surface area (Å²) in [4.78, 5) is 14.5. The third-order valence-corrected chi connectivity index (χ3v) is 5.79. The first-order valence-corrected chi connectivity index (χ1v) is 11.4. The van der Waals surface area contributed by atoms with Crippen LogP contribution in [0, 0.1) is 0 Å². The van der Waals surface area contributed by atoms with Gasteiger partial charge in [-0.05, 0) is 42.5 Å². The molecule has 0 bridgehead atoms. The highest BCUT2D eigenvalue weighted by molar-refractivity contribution is 7.98. The van der Waals surface area contributed by atoms with E-state index in [2.05, 4.69) is 29.6 Å². The van der Waals surface area contributed by atoms with Crippen molar-refractivity contribution in [3.05, 3.63) is 59.7 Å². The molecular formula is C19H26N3O3S2+. The van der Waals surface area contributed by atoms with Gasteiger partial charge in [-0.25, -0.2) is 13.6 Å². The summed E-state index contributed by atoms with van der Waals surface area (Å²) in [6.07, 6.45) is 2.68. The van der Waals surface area contributed by atoms with Gasteiger partial charge in [0.05, 0.1) is 11.9 Å². The van der Waals surface area contributed by atoms with Gasteiger partial charge in [-0.3, -0.25) is 4.79 Å². The quantitative estimate of drug-likeness (QED) is 0.525. The molecule has 1 unspecified atom stereocenters. The largest absolute Gasteiger partial charge is 0.351 e. The van der Waals surface area contributed by atoms with Gasteiger partial charge in [-0.2, -0.15) is 0 Å². The number of nitrogens with two attached hydrogens (primary N) is 1. The monoisotopic (exact) mass is 408 g/mol. The van der Waals surface area contributed by atoms with Crippen LogP contribution >= 0.6 is 11.8 Å². The molecule has 2 aromatic carbocycles. The maximum absolute atomic E-state index is 12.1. The zero-order valence-corrected chi connectivity index (χ0v) is 17.2. The Morgan fingerprint density at radius 1 is 1.07 bits per heavy atom. The molecule has 0 aliphatic heterocycles. The van der Waals surface area contributed by atoms with Gasteiger partial charge < -0.3 is 10.2 Å². The van der Waals surface area contributed by atoms with Gasteiger partial charge in [0.1, 0.15) is 6.54 Å². The number of nitrogens with one attached hydrogen (secondary N) is 2. The molecule has 0 saturated heterocycles. The minimum Gasteiger partial charge on any atom is -0.351 e. The van der Waals surface area contributed by atoms with E-state index in [9.17, 15) is 13.2 Å². The van der Waals surface area contributed by atoms with Crippen molar-refractivity contribution >= 4 is 27.7 Å². The molecule has 8 heteroatoms. The number of amides is 1. The fourth-order valence-electron chi connectivity index (χ4n) is 2.68. The lowest BCUT2D eigenvalue weighted by atomic mass is 10.1. The Hall–Kier alpha value is -1.87. The highest BCUT2D eigenvalue weighted by Gasteiger charge is 2.11. The molecule has 0 aliphatic carbocycles. The summed E-state index contributed by atoms with van der Waals surface area (Å²) in [6, 6.07) is 14.8. The average molecular weight is 409 g/mol. The number of carbonyl (C=O) groups is 1. The molecule has 0 aromatic heterocycles. The van der Waals surface area contributed by atoms with Crippen LogP contribution in [-0.2, 0) is 27.8 Å². The summed E-state index contributed by atoms with van der Waals surface area (Å²) in [5, 5.41) is 7.98. The summed E-state index contributed by atoms with van der Waals surface area (Å²) in [7, 11) is -1.68. The fraction of sp³-hybridized carbons (Fsp3) is 0.316. The molecule has 0 aliphatic rings. The molecular weight excluding hydrogens is 382 g/mol. The Bertz CT molecular complexity index is 851. The van der Waals surface area contributed by atoms with Gasteiger partial charge in [0.15, 0.2) is 6.54 Å². The van der Waals surface area contributed by atoms with E-state index in [-0.39, 0.29) is 10.8 Å². The van der Waals surface area contributed by atoms with Crippen LogP contribution in [0.4, 0.5) is 0 Å². The molecule has 0 saturated carbocycles. The van der Waals surface area contributed by atoms with Crippen LogP contribution in [0.3, 0.4) is 0 Å². The van der Waals surface area contributed by atoms with Gasteiger partial charge >= 0.3 is 0 Å². The summed E-state index contributed by atoms with van der Waals surface area (Å²) in [5.41, 5.74) is 2.14. The van der Waals surface area contributed by atoms with Crippen LogP contribution in [0.15, 0.2) is 58.3 Å². The number of rotatable bonds is 9. The Morgan fingerprint density at radius 3 is 2.22 bits per heavy atom.